The van der Waals surface area contributed by atoms with Crippen LogP contribution in [0.15, 0.2) is 4.99 Å². The third-order valence-electron chi connectivity index (χ3n) is 1.27. The van der Waals surface area contributed by atoms with Crippen LogP contribution in [-0.4, -0.2) is 37.7 Å². The zero-order valence-electron chi connectivity index (χ0n) is 6.46. The highest BCUT2D eigenvalue weighted by atomic mass is 16.2. The second kappa shape index (κ2) is 4.45. The van der Waals surface area contributed by atoms with E-state index in [0.29, 0.717) is 0 Å². The molecule has 2 heterocycles. The van der Waals surface area contributed by atoms with Gasteiger partial charge in [-0.15, -0.1) is 0 Å². The molecule has 1 amide bonds. The van der Waals surface area contributed by atoms with Crippen LogP contribution in [0.4, 0.5) is 0 Å². The molecule has 12 heavy (non-hydrogen) atoms. The van der Waals surface area contributed by atoms with Gasteiger partial charge >= 0.3 is 5.91 Å². The van der Waals surface area contributed by atoms with Gasteiger partial charge in [0.05, 0.1) is 19.4 Å². The molecule has 1 fully saturated rings. The van der Waals surface area contributed by atoms with E-state index >= 15 is 0 Å². The standard InChI is InChI=1S/C3H4N2O2.C3H6N2/c6-2-1-4-5-3(2)7;1-2-5-3-4-1/h4H,1H2,(H,5,7);3H,1-2H2,(H,4,5). The number of nitrogens with one attached hydrogen (secondary N) is 3. The van der Waals surface area contributed by atoms with Crippen molar-refractivity contribution < 1.29 is 9.59 Å². The van der Waals surface area contributed by atoms with E-state index in [1.54, 1.807) is 6.34 Å². The first-order valence-electron chi connectivity index (χ1n) is 3.58. The van der Waals surface area contributed by atoms with E-state index in [1.807, 2.05) is 0 Å². The van der Waals surface area contributed by atoms with Gasteiger partial charge in [-0.05, 0) is 0 Å². The van der Waals surface area contributed by atoms with Gasteiger partial charge < -0.3 is 5.32 Å². The molecule has 3 N–H and O–H groups in total. The summed E-state index contributed by atoms with van der Waals surface area (Å²) in [6, 6.07) is 0. The number of rotatable bonds is 0. The molecular weight excluding hydrogens is 160 g/mol. The minimum absolute atomic E-state index is 0.124. The summed E-state index contributed by atoms with van der Waals surface area (Å²) in [6.07, 6.45) is 1.74. The minimum atomic E-state index is -0.542. The van der Waals surface area contributed by atoms with Crippen molar-refractivity contribution in [3.05, 3.63) is 0 Å². The maximum Gasteiger partial charge on any atom is 0.302 e. The molecule has 0 atom stereocenters. The van der Waals surface area contributed by atoms with E-state index < -0.39 is 11.7 Å². The average molecular weight is 170 g/mol. The largest absolute Gasteiger partial charge is 0.375 e. The van der Waals surface area contributed by atoms with Crippen molar-refractivity contribution in [3.63, 3.8) is 0 Å². The number of carbonyl (C=O) groups is 2. The lowest BCUT2D eigenvalue weighted by Crippen LogP contribution is -2.26. The van der Waals surface area contributed by atoms with Crippen LogP contribution >= 0.6 is 0 Å². The minimum Gasteiger partial charge on any atom is -0.375 e. The van der Waals surface area contributed by atoms with Gasteiger partial charge in [0.1, 0.15) is 0 Å². The highest BCUT2D eigenvalue weighted by molar-refractivity contribution is 6.38. The van der Waals surface area contributed by atoms with Gasteiger partial charge in [-0.3, -0.25) is 20.0 Å². The Morgan fingerprint density at radius 1 is 1.42 bits per heavy atom. The predicted octanol–water partition coefficient (Wildman–Crippen LogP) is -2.19. The molecular formula is C6H10N4O2. The van der Waals surface area contributed by atoms with E-state index in [4.69, 9.17) is 0 Å². The summed E-state index contributed by atoms with van der Waals surface area (Å²) in [5.41, 5.74) is 4.50. The first-order chi connectivity index (χ1) is 5.80. The molecule has 0 saturated carbocycles. The fraction of sp³-hybridized carbons (Fsp3) is 0.500. The van der Waals surface area contributed by atoms with Crippen LogP contribution in [0.25, 0.3) is 0 Å². The SMILES string of the molecule is C1=NCCN1.O=C1CNNC1=O. The maximum absolute atomic E-state index is 10.1. The van der Waals surface area contributed by atoms with Crippen LogP contribution in [0, 0.1) is 0 Å². The van der Waals surface area contributed by atoms with Crippen molar-refractivity contribution >= 4 is 18.0 Å². The fourth-order valence-corrected chi connectivity index (χ4v) is 0.677. The molecule has 0 spiro atoms. The molecule has 2 aliphatic heterocycles. The Bertz CT molecular complexity index is 194. The normalized spacial score (nSPS) is 19.7. The molecule has 6 nitrogen and oxygen atoms in total. The molecule has 2 aliphatic rings. The Morgan fingerprint density at radius 3 is 2.42 bits per heavy atom. The number of hydrogen-bond donors (Lipinski definition) is 3. The number of Topliss-reactive ketones (excluding diaryl/α,β-unsaturated/α-hetero) is 1. The first-order valence-corrected chi connectivity index (χ1v) is 3.58. The van der Waals surface area contributed by atoms with Gasteiger partial charge in [0.2, 0.25) is 5.78 Å². The van der Waals surface area contributed by atoms with E-state index in [2.05, 4.69) is 21.2 Å². The Morgan fingerprint density at radius 2 is 2.25 bits per heavy atom. The van der Waals surface area contributed by atoms with Gasteiger partial charge in [-0.2, -0.15) is 0 Å². The molecule has 0 aromatic heterocycles. The molecule has 0 aliphatic carbocycles. The van der Waals surface area contributed by atoms with Crippen molar-refractivity contribution in [2.24, 2.45) is 4.99 Å². The second-order valence-electron chi connectivity index (χ2n) is 2.22. The molecule has 2 rings (SSSR count). The zero-order chi connectivity index (χ0) is 8.81. The molecule has 0 aromatic carbocycles. The van der Waals surface area contributed by atoms with Crippen LogP contribution in [0.5, 0.6) is 0 Å². The molecule has 1 saturated heterocycles. The first kappa shape index (κ1) is 8.66. The summed E-state index contributed by atoms with van der Waals surface area (Å²) in [4.78, 5) is 24.0. The third kappa shape index (κ3) is 2.67. The summed E-state index contributed by atoms with van der Waals surface area (Å²) >= 11 is 0. The van der Waals surface area contributed by atoms with Crippen molar-refractivity contribution in [2.75, 3.05) is 19.6 Å². The van der Waals surface area contributed by atoms with Crippen LogP contribution < -0.4 is 16.2 Å². The number of ketones is 1. The molecule has 0 bridgehead atoms. The summed E-state index contributed by atoms with van der Waals surface area (Å²) in [7, 11) is 0. The van der Waals surface area contributed by atoms with Crippen LogP contribution in [0.3, 0.4) is 0 Å². The van der Waals surface area contributed by atoms with E-state index in [1.165, 1.54) is 0 Å². The van der Waals surface area contributed by atoms with Crippen LogP contribution in [0.1, 0.15) is 0 Å². The zero-order valence-corrected chi connectivity index (χ0v) is 6.46. The molecule has 6 heteroatoms. The molecule has 0 unspecified atom stereocenters. The summed E-state index contributed by atoms with van der Waals surface area (Å²) in [5, 5.41) is 2.93. The summed E-state index contributed by atoms with van der Waals surface area (Å²) in [6.45, 7) is 2.11. The van der Waals surface area contributed by atoms with E-state index in [9.17, 15) is 9.59 Å². The van der Waals surface area contributed by atoms with Crippen molar-refractivity contribution in [1.82, 2.24) is 16.2 Å². The van der Waals surface area contributed by atoms with Crippen LogP contribution in [0.2, 0.25) is 0 Å². The number of carbonyl (C=O) groups excluding carboxylic acids is 2. The van der Waals surface area contributed by atoms with Gasteiger partial charge in [-0.25, -0.2) is 5.43 Å². The van der Waals surface area contributed by atoms with Crippen molar-refractivity contribution in [2.45, 2.75) is 0 Å². The fourth-order valence-electron chi connectivity index (χ4n) is 0.677. The lowest BCUT2D eigenvalue weighted by atomic mass is 10.4. The van der Waals surface area contributed by atoms with Gasteiger partial charge in [-0.1, -0.05) is 0 Å². The Labute approximate surface area is 69.4 Å². The van der Waals surface area contributed by atoms with E-state index in [0.717, 1.165) is 13.1 Å². The lowest BCUT2D eigenvalue weighted by molar-refractivity contribution is -0.134. The van der Waals surface area contributed by atoms with Crippen molar-refractivity contribution in [1.29, 1.82) is 0 Å². The molecule has 0 aromatic rings. The number of hydrogen-bond acceptors (Lipinski definition) is 5. The number of amides is 1. The molecule has 66 valence electrons. The average Bonchev–Trinajstić information content (AvgIpc) is 2.67. The Kier molecular flexibility index (Phi) is 3.21. The number of aliphatic imine (C=N–C) groups is 1. The van der Waals surface area contributed by atoms with E-state index in [-0.39, 0.29) is 6.54 Å². The lowest BCUT2D eigenvalue weighted by Gasteiger charge is -1.81. The number of hydrazine groups is 1. The maximum atomic E-state index is 10.1. The highest BCUT2D eigenvalue weighted by Gasteiger charge is 2.18. The topological polar surface area (TPSA) is 82.6 Å². The Hall–Kier alpha value is -1.43. The van der Waals surface area contributed by atoms with Gasteiger partial charge in [0.15, 0.2) is 0 Å². The second-order valence-corrected chi connectivity index (χ2v) is 2.22. The Balaban J connectivity index is 0.000000127. The predicted molar refractivity (Wildman–Crippen MR) is 42.5 cm³/mol. The third-order valence-corrected chi connectivity index (χ3v) is 1.27. The van der Waals surface area contributed by atoms with Gasteiger partial charge in [0, 0.05) is 6.54 Å². The highest BCUT2D eigenvalue weighted by Crippen LogP contribution is 1.74. The summed E-state index contributed by atoms with van der Waals surface area (Å²) < 4.78 is 0. The monoisotopic (exact) mass is 170 g/mol. The quantitative estimate of drug-likeness (QED) is 0.360. The summed E-state index contributed by atoms with van der Waals surface area (Å²) in [5.74, 6) is -0.944. The number of nitrogens with zero attached hydrogens (tertiary/aromatic N) is 1. The van der Waals surface area contributed by atoms with Crippen LogP contribution in [-0.2, 0) is 9.59 Å². The molecule has 0 radical (unpaired) electrons. The smallest absolute Gasteiger partial charge is 0.302 e. The van der Waals surface area contributed by atoms with Gasteiger partial charge in [0.25, 0.3) is 0 Å². The van der Waals surface area contributed by atoms with Crippen molar-refractivity contribution in [3.8, 4) is 0 Å².